The van der Waals surface area contributed by atoms with E-state index in [0.717, 1.165) is 31.2 Å². The smallest absolute Gasteiger partial charge is 0.268 e. The second-order valence-corrected chi connectivity index (χ2v) is 5.27. The van der Waals surface area contributed by atoms with Gasteiger partial charge in [-0.2, -0.15) is 5.10 Å². The summed E-state index contributed by atoms with van der Waals surface area (Å²) < 4.78 is 6.56. The molecule has 2 rings (SSSR count). The number of nitrogens with one attached hydrogen (secondary N) is 1. The van der Waals surface area contributed by atoms with E-state index in [1.807, 2.05) is 11.9 Å². The maximum Gasteiger partial charge on any atom is 0.268 e. The Balaban J connectivity index is 1.82. The SMILES string of the molecule is COCCN(C)c1cnn(CCCNC2CC2)c(=O)c1. The van der Waals surface area contributed by atoms with Crippen LogP contribution in [0.2, 0.25) is 0 Å². The van der Waals surface area contributed by atoms with Crippen molar-refractivity contribution in [2.24, 2.45) is 0 Å². The normalized spacial score (nSPS) is 14.5. The van der Waals surface area contributed by atoms with Gasteiger partial charge in [-0.15, -0.1) is 0 Å². The fraction of sp³-hybridized carbons (Fsp3) is 0.714. The van der Waals surface area contributed by atoms with E-state index in [4.69, 9.17) is 4.74 Å². The quantitative estimate of drug-likeness (QED) is 0.666. The third-order valence-corrected chi connectivity index (χ3v) is 3.48. The third-order valence-electron chi connectivity index (χ3n) is 3.48. The molecule has 1 aromatic heterocycles. The Morgan fingerprint density at radius 1 is 1.55 bits per heavy atom. The van der Waals surface area contributed by atoms with Gasteiger partial charge in [0.15, 0.2) is 0 Å². The summed E-state index contributed by atoms with van der Waals surface area (Å²) in [6.45, 7) is 2.99. The lowest BCUT2D eigenvalue weighted by Gasteiger charge is -2.18. The molecule has 6 nitrogen and oxygen atoms in total. The lowest BCUT2D eigenvalue weighted by atomic mass is 10.4. The minimum atomic E-state index is -0.0433. The molecule has 1 heterocycles. The summed E-state index contributed by atoms with van der Waals surface area (Å²) in [7, 11) is 3.60. The maximum atomic E-state index is 12.0. The average molecular weight is 280 g/mol. The highest BCUT2D eigenvalue weighted by Crippen LogP contribution is 2.18. The van der Waals surface area contributed by atoms with E-state index < -0.39 is 0 Å². The van der Waals surface area contributed by atoms with E-state index in [2.05, 4.69) is 10.4 Å². The van der Waals surface area contributed by atoms with Crippen molar-refractivity contribution < 1.29 is 4.74 Å². The largest absolute Gasteiger partial charge is 0.383 e. The van der Waals surface area contributed by atoms with Crippen molar-refractivity contribution in [3.8, 4) is 0 Å². The van der Waals surface area contributed by atoms with Crippen molar-refractivity contribution in [3.63, 3.8) is 0 Å². The molecule has 20 heavy (non-hydrogen) atoms. The van der Waals surface area contributed by atoms with Crippen LogP contribution in [0.5, 0.6) is 0 Å². The molecule has 1 aromatic rings. The highest BCUT2D eigenvalue weighted by Gasteiger charge is 2.19. The second kappa shape index (κ2) is 7.40. The van der Waals surface area contributed by atoms with Crippen molar-refractivity contribution in [2.45, 2.75) is 31.8 Å². The molecule has 0 atom stereocenters. The number of aryl methyl sites for hydroxylation is 1. The summed E-state index contributed by atoms with van der Waals surface area (Å²) in [5.41, 5.74) is 0.789. The van der Waals surface area contributed by atoms with Crippen LogP contribution in [0.15, 0.2) is 17.1 Å². The minimum absolute atomic E-state index is 0.0433. The molecule has 1 fully saturated rings. The molecule has 1 N–H and O–H groups in total. The summed E-state index contributed by atoms with van der Waals surface area (Å²) >= 11 is 0. The van der Waals surface area contributed by atoms with Crippen LogP contribution >= 0.6 is 0 Å². The van der Waals surface area contributed by atoms with Crippen molar-refractivity contribution in [1.82, 2.24) is 15.1 Å². The first-order valence-electron chi connectivity index (χ1n) is 7.21. The molecule has 0 aliphatic heterocycles. The molecule has 0 spiro atoms. The Bertz CT molecular complexity index is 470. The molecule has 0 amide bonds. The van der Waals surface area contributed by atoms with Crippen LogP contribution in [0.3, 0.4) is 0 Å². The molecule has 0 radical (unpaired) electrons. The molecule has 1 aliphatic carbocycles. The number of nitrogens with zero attached hydrogens (tertiary/aromatic N) is 3. The summed E-state index contributed by atoms with van der Waals surface area (Å²) in [4.78, 5) is 13.9. The Labute approximate surface area is 119 Å². The van der Waals surface area contributed by atoms with Gasteiger partial charge in [-0.05, 0) is 25.8 Å². The molecule has 0 saturated heterocycles. The van der Waals surface area contributed by atoms with Gasteiger partial charge in [-0.1, -0.05) is 0 Å². The first-order valence-corrected chi connectivity index (χ1v) is 7.21. The number of ether oxygens (including phenoxy) is 1. The van der Waals surface area contributed by atoms with Crippen molar-refractivity contribution in [2.75, 3.05) is 38.8 Å². The fourth-order valence-electron chi connectivity index (χ4n) is 1.98. The minimum Gasteiger partial charge on any atom is -0.383 e. The average Bonchev–Trinajstić information content (AvgIpc) is 3.26. The van der Waals surface area contributed by atoms with E-state index in [0.29, 0.717) is 13.2 Å². The summed E-state index contributed by atoms with van der Waals surface area (Å²) in [6, 6.07) is 2.35. The lowest BCUT2D eigenvalue weighted by Crippen LogP contribution is -2.28. The first-order chi connectivity index (χ1) is 9.70. The van der Waals surface area contributed by atoms with Gasteiger partial charge in [0.05, 0.1) is 18.5 Å². The number of rotatable bonds is 9. The number of likely N-dealkylation sites (N-methyl/N-ethyl adjacent to an activating group) is 1. The number of aromatic nitrogens is 2. The Kier molecular flexibility index (Phi) is 5.55. The summed E-state index contributed by atoms with van der Waals surface area (Å²) in [6.07, 6.45) is 5.26. The first kappa shape index (κ1) is 15.0. The Morgan fingerprint density at radius 2 is 2.35 bits per heavy atom. The van der Waals surface area contributed by atoms with Gasteiger partial charge in [0.2, 0.25) is 0 Å². The van der Waals surface area contributed by atoms with Crippen molar-refractivity contribution in [3.05, 3.63) is 22.6 Å². The van der Waals surface area contributed by atoms with Crippen LogP contribution in [0, 0.1) is 0 Å². The number of hydrogen-bond acceptors (Lipinski definition) is 5. The summed E-state index contributed by atoms with van der Waals surface area (Å²) in [5, 5.41) is 7.67. The van der Waals surface area contributed by atoms with E-state index in [9.17, 15) is 4.79 Å². The van der Waals surface area contributed by atoms with Crippen LogP contribution < -0.4 is 15.8 Å². The van der Waals surface area contributed by atoms with Crippen molar-refractivity contribution >= 4 is 5.69 Å². The molecular formula is C14H24N4O2. The lowest BCUT2D eigenvalue weighted by molar-refractivity contribution is 0.206. The van der Waals surface area contributed by atoms with Gasteiger partial charge in [0.1, 0.15) is 0 Å². The molecule has 1 aliphatic rings. The van der Waals surface area contributed by atoms with Gasteiger partial charge in [-0.25, -0.2) is 4.68 Å². The zero-order valence-corrected chi connectivity index (χ0v) is 12.3. The molecule has 6 heteroatoms. The van der Waals surface area contributed by atoms with Gasteiger partial charge in [0.25, 0.3) is 5.56 Å². The number of hydrogen-bond donors (Lipinski definition) is 1. The van der Waals surface area contributed by atoms with Crippen LogP contribution in [0.25, 0.3) is 0 Å². The van der Waals surface area contributed by atoms with Crippen LogP contribution in [0.1, 0.15) is 19.3 Å². The highest BCUT2D eigenvalue weighted by atomic mass is 16.5. The van der Waals surface area contributed by atoms with Crippen LogP contribution in [0.4, 0.5) is 5.69 Å². The molecule has 0 unspecified atom stereocenters. The zero-order chi connectivity index (χ0) is 14.4. The predicted molar refractivity (Wildman–Crippen MR) is 79.3 cm³/mol. The maximum absolute atomic E-state index is 12.0. The molecular weight excluding hydrogens is 256 g/mol. The van der Waals surface area contributed by atoms with E-state index >= 15 is 0 Å². The van der Waals surface area contributed by atoms with Gasteiger partial charge < -0.3 is 15.0 Å². The molecule has 1 saturated carbocycles. The highest BCUT2D eigenvalue weighted by molar-refractivity contribution is 5.41. The Hall–Kier alpha value is -1.40. The van der Waals surface area contributed by atoms with Gasteiger partial charge >= 0.3 is 0 Å². The predicted octanol–water partition coefficient (Wildman–Crippen LogP) is 0.468. The monoisotopic (exact) mass is 280 g/mol. The number of anilines is 1. The van der Waals surface area contributed by atoms with Crippen LogP contribution in [-0.4, -0.2) is 49.7 Å². The van der Waals surface area contributed by atoms with E-state index in [1.54, 1.807) is 19.4 Å². The summed E-state index contributed by atoms with van der Waals surface area (Å²) in [5.74, 6) is 0. The fourth-order valence-corrected chi connectivity index (χ4v) is 1.98. The van der Waals surface area contributed by atoms with E-state index in [-0.39, 0.29) is 5.56 Å². The topological polar surface area (TPSA) is 59.4 Å². The molecule has 112 valence electrons. The zero-order valence-electron chi connectivity index (χ0n) is 12.3. The van der Waals surface area contributed by atoms with Crippen LogP contribution in [-0.2, 0) is 11.3 Å². The molecule has 0 bridgehead atoms. The molecule has 0 aromatic carbocycles. The standard InChI is InChI=1S/C14H24N4O2/c1-17(8-9-20-2)13-10-14(19)18(16-11-13)7-3-6-15-12-4-5-12/h10-12,15H,3-9H2,1-2H3. The third kappa shape index (κ3) is 4.61. The van der Waals surface area contributed by atoms with Crippen molar-refractivity contribution in [1.29, 1.82) is 0 Å². The Morgan fingerprint density at radius 3 is 3.00 bits per heavy atom. The van der Waals surface area contributed by atoms with Gasteiger partial charge in [0, 0.05) is 39.4 Å². The number of methoxy groups -OCH3 is 1. The van der Waals surface area contributed by atoms with Gasteiger partial charge in [-0.3, -0.25) is 4.79 Å². The second-order valence-electron chi connectivity index (χ2n) is 5.27. The van der Waals surface area contributed by atoms with E-state index in [1.165, 1.54) is 17.5 Å².